The fraction of sp³-hybridized carbons (Fsp3) is 0.167. The number of benzene rings is 2. The second kappa shape index (κ2) is 8.12. The Morgan fingerprint density at radius 2 is 1.75 bits per heavy atom. The summed E-state index contributed by atoms with van der Waals surface area (Å²) in [5, 5.41) is 20.8. The third kappa shape index (κ3) is 4.82. The van der Waals surface area contributed by atoms with Crippen LogP contribution in [0.2, 0.25) is 0 Å². The molecule has 1 unspecified atom stereocenters. The second-order valence-electron chi connectivity index (χ2n) is 5.24. The van der Waals surface area contributed by atoms with Crippen molar-refractivity contribution >= 4 is 11.7 Å². The third-order valence-corrected chi connectivity index (χ3v) is 3.37. The van der Waals surface area contributed by atoms with Gasteiger partial charge in [0, 0.05) is 11.3 Å². The highest BCUT2D eigenvalue weighted by Gasteiger charge is 2.19. The van der Waals surface area contributed by atoms with Crippen LogP contribution in [0, 0.1) is 5.82 Å². The molecule has 0 saturated carbocycles. The molecule has 0 saturated heterocycles. The molecule has 0 spiro atoms. The number of hydrogen-bond donors (Lipinski definition) is 3. The number of aliphatic hydroxyl groups is 1. The minimum absolute atomic E-state index is 0.0683. The molecule has 2 rings (SSSR count). The number of nitrogens with one attached hydrogen (secondary N) is 1. The van der Waals surface area contributed by atoms with Crippen LogP contribution < -0.4 is 10.4 Å². The quantitative estimate of drug-likeness (QED) is 0.512. The predicted octanol–water partition coefficient (Wildman–Crippen LogP) is 3.21. The van der Waals surface area contributed by atoms with Gasteiger partial charge in [-0.15, -0.1) is 0 Å². The molecule has 5 nitrogen and oxygen atoms in total. The van der Waals surface area contributed by atoms with Gasteiger partial charge < -0.3 is 15.6 Å². The van der Waals surface area contributed by atoms with E-state index in [1.807, 2.05) is 6.07 Å². The lowest BCUT2D eigenvalue weighted by atomic mass is 10.1. The number of rotatable bonds is 8. The van der Waals surface area contributed by atoms with Crippen molar-refractivity contribution in [1.82, 2.24) is 5.43 Å². The van der Waals surface area contributed by atoms with Crippen LogP contribution in [0.5, 0.6) is 0 Å². The fourth-order valence-electron chi connectivity index (χ4n) is 2.12. The lowest BCUT2D eigenvalue weighted by Gasteiger charge is -2.32. The Hall–Kier alpha value is -2.86. The number of carbonyl (C=O) groups is 1. The van der Waals surface area contributed by atoms with Gasteiger partial charge in [0.1, 0.15) is 5.82 Å². The van der Waals surface area contributed by atoms with Crippen molar-refractivity contribution in [3.8, 4) is 0 Å². The zero-order valence-corrected chi connectivity index (χ0v) is 13.0. The molecule has 24 heavy (non-hydrogen) atoms. The predicted molar refractivity (Wildman–Crippen MR) is 89.4 cm³/mol. The first kappa shape index (κ1) is 17.5. The maximum atomic E-state index is 13.1. The zero-order valence-electron chi connectivity index (χ0n) is 13.0. The van der Waals surface area contributed by atoms with E-state index in [0.717, 1.165) is 0 Å². The van der Waals surface area contributed by atoms with E-state index in [-0.39, 0.29) is 12.8 Å². The van der Waals surface area contributed by atoms with E-state index in [0.29, 0.717) is 16.9 Å². The fourth-order valence-corrected chi connectivity index (χ4v) is 2.12. The van der Waals surface area contributed by atoms with Gasteiger partial charge in [0.15, 0.2) is 6.23 Å². The van der Waals surface area contributed by atoms with Crippen molar-refractivity contribution in [3.63, 3.8) is 0 Å². The number of carboxylic acids is 1. The maximum Gasteiger partial charge on any atom is 0.303 e. The summed E-state index contributed by atoms with van der Waals surface area (Å²) < 4.78 is 13.1. The van der Waals surface area contributed by atoms with E-state index in [1.54, 1.807) is 24.3 Å². The highest BCUT2D eigenvalue weighted by atomic mass is 19.1. The number of hydrazine groups is 1. The summed E-state index contributed by atoms with van der Waals surface area (Å²) in [6.07, 6.45) is -0.954. The van der Waals surface area contributed by atoms with Crippen LogP contribution in [0.25, 0.3) is 0 Å². The molecule has 0 aliphatic rings. The van der Waals surface area contributed by atoms with Crippen LogP contribution in [-0.2, 0) is 4.79 Å². The second-order valence-corrected chi connectivity index (χ2v) is 5.24. The first-order valence-corrected chi connectivity index (χ1v) is 7.41. The minimum Gasteiger partial charge on any atom is -0.481 e. The Morgan fingerprint density at radius 3 is 2.33 bits per heavy atom. The van der Waals surface area contributed by atoms with Crippen molar-refractivity contribution in [1.29, 1.82) is 0 Å². The number of para-hydroxylation sites is 1. The standard InChI is InChI=1S/C18H19FN2O3/c1-13(7-12-17(22)23)20-21(16-5-3-2-4-6-16)18(24)14-8-10-15(19)11-9-14/h2-6,8-11,18,20,24H,1,7,12H2,(H,22,23). The lowest BCUT2D eigenvalue weighted by molar-refractivity contribution is -0.136. The van der Waals surface area contributed by atoms with Gasteiger partial charge in [-0.25, -0.2) is 4.39 Å². The normalized spacial score (nSPS) is 11.6. The first-order valence-electron chi connectivity index (χ1n) is 7.41. The van der Waals surface area contributed by atoms with Crippen LogP contribution >= 0.6 is 0 Å². The number of carboxylic acid groups (broad SMARTS) is 1. The van der Waals surface area contributed by atoms with Gasteiger partial charge in [-0.1, -0.05) is 36.9 Å². The maximum absolute atomic E-state index is 13.1. The van der Waals surface area contributed by atoms with Crippen LogP contribution in [0.1, 0.15) is 24.6 Å². The first-order chi connectivity index (χ1) is 11.5. The van der Waals surface area contributed by atoms with Crippen LogP contribution in [0.4, 0.5) is 10.1 Å². The molecule has 1 atom stereocenters. The molecular weight excluding hydrogens is 311 g/mol. The summed E-state index contributed by atoms with van der Waals surface area (Å²) in [4.78, 5) is 10.7. The van der Waals surface area contributed by atoms with Gasteiger partial charge >= 0.3 is 5.97 Å². The van der Waals surface area contributed by atoms with E-state index >= 15 is 0 Å². The molecule has 126 valence electrons. The van der Waals surface area contributed by atoms with Gasteiger partial charge in [0.05, 0.1) is 12.1 Å². The van der Waals surface area contributed by atoms with E-state index in [9.17, 15) is 14.3 Å². The summed E-state index contributed by atoms with van der Waals surface area (Å²) in [6, 6.07) is 14.5. The Labute approximate surface area is 139 Å². The molecule has 0 heterocycles. The molecule has 2 aromatic rings. The summed E-state index contributed by atoms with van der Waals surface area (Å²) >= 11 is 0. The van der Waals surface area contributed by atoms with E-state index in [2.05, 4.69) is 12.0 Å². The smallest absolute Gasteiger partial charge is 0.303 e. The molecule has 0 bridgehead atoms. The molecule has 2 aromatic carbocycles. The zero-order chi connectivity index (χ0) is 17.5. The number of aliphatic hydroxyl groups excluding tert-OH is 1. The van der Waals surface area contributed by atoms with Crippen molar-refractivity contribution in [2.75, 3.05) is 5.01 Å². The monoisotopic (exact) mass is 330 g/mol. The highest BCUT2D eigenvalue weighted by molar-refractivity contribution is 5.67. The molecular formula is C18H19FN2O3. The number of anilines is 1. The Bertz CT molecular complexity index is 689. The molecule has 0 radical (unpaired) electrons. The SMILES string of the molecule is C=C(CCC(=O)O)NN(c1ccccc1)C(O)c1ccc(F)cc1. The molecule has 0 aromatic heterocycles. The number of aliphatic carboxylic acids is 1. The average Bonchev–Trinajstić information content (AvgIpc) is 2.58. The summed E-state index contributed by atoms with van der Waals surface area (Å²) in [7, 11) is 0. The Balaban J connectivity index is 2.21. The molecule has 0 aliphatic heterocycles. The van der Waals surface area contributed by atoms with Crippen molar-refractivity contribution in [2.24, 2.45) is 0 Å². The summed E-state index contributed by atoms with van der Waals surface area (Å²) in [5.41, 5.74) is 4.52. The average molecular weight is 330 g/mol. The van der Waals surface area contributed by atoms with E-state index in [1.165, 1.54) is 29.3 Å². The van der Waals surface area contributed by atoms with Gasteiger partial charge in [0.2, 0.25) is 0 Å². The lowest BCUT2D eigenvalue weighted by Crippen LogP contribution is -2.40. The summed E-state index contributed by atoms with van der Waals surface area (Å²) in [6.45, 7) is 3.79. The third-order valence-electron chi connectivity index (χ3n) is 3.37. The molecule has 0 fully saturated rings. The van der Waals surface area contributed by atoms with Crippen LogP contribution in [0.3, 0.4) is 0 Å². The van der Waals surface area contributed by atoms with Gasteiger partial charge in [-0.2, -0.15) is 0 Å². The Kier molecular flexibility index (Phi) is 5.92. The minimum atomic E-state index is -1.10. The van der Waals surface area contributed by atoms with Gasteiger partial charge in [0.25, 0.3) is 0 Å². The number of hydrogen-bond acceptors (Lipinski definition) is 4. The highest BCUT2D eigenvalue weighted by Crippen LogP contribution is 2.24. The number of allylic oxidation sites excluding steroid dienone is 1. The molecule has 0 aliphatic carbocycles. The molecule has 3 N–H and O–H groups in total. The topological polar surface area (TPSA) is 72.8 Å². The van der Waals surface area contributed by atoms with Crippen molar-refractivity contribution in [2.45, 2.75) is 19.1 Å². The number of nitrogens with zero attached hydrogens (tertiary/aromatic N) is 1. The Morgan fingerprint density at radius 1 is 1.12 bits per heavy atom. The van der Waals surface area contributed by atoms with Crippen LogP contribution in [-0.4, -0.2) is 16.2 Å². The van der Waals surface area contributed by atoms with E-state index in [4.69, 9.17) is 5.11 Å². The van der Waals surface area contributed by atoms with Crippen LogP contribution in [0.15, 0.2) is 66.9 Å². The largest absolute Gasteiger partial charge is 0.481 e. The van der Waals surface area contributed by atoms with Crippen molar-refractivity contribution < 1.29 is 19.4 Å². The van der Waals surface area contributed by atoms with Crippen molar-refractivity contribution in [3.05, 3.63) is 78.3 Å². The molecule has 6 heteroatoms. The van der Waals surface area contributed by atoms with E-state index < -0.39 is 18.0 Å². The summed E-state index contributed by atoms with van der Waals surface area (Å²) in [5.74, 6) is -1.32. The van der Waals surface area contributed by atoms with Gasteiger partial charge in [-0.05, 0) is 30.7 Å². The van der Waals surface area contributed by atoms with Gasteiger partial charge in [-0.3, -0.25) is 9.80 Å². The molecule has 0 amide bonds. The number of halogens is 1.